The second kappa shape index (κ2) is 5.63. The summed E-state index contributed by atoms with van der Waals surface area (Å²) in [5.74, 6) is 0.0911. The van der Waals surface area contributed by atoms with Crippen molar-refractivity contribution in [1.29, 1.82) is 0 Å². The fourth-order valence-electron chi connectivity index (χ4n) is 1.86. The summed E-state index contributed by atoms with van der Waals surface area (Å²) in [6.45, 7) is 2.27. The summed E-state index contributed by atoms with van der Waals surface area (Å²) >= 11 is 0. The van der Waals surface area contributed by atoms with Crippen LogP contribution < -0.4 is 11.1 Å². The molecule has 5 nitrogen and oxygen atoms in total. The lowest BCUT2D eigenvalue weighted by molar-refractivity contribution is -0.125. The second-order valence-electron chi connectivity index (χ2n) is 4.44. The zero-order valence-corrected chi connectivity index (χ0v) is 10.4. The first kappa shape index (κ1) is 13.4. The minimum Gasteiger partial charge on any atom is -0.352 e. The SMILES string of the molecule is CC(CCN)C(=O)NC1CCCS(=O)(=O)C1. The van der Waals surface area contributed by atoms with Crippen LogP contribution in [0.3, 0.4) is 0 Å². The van der Waals surface area contributed by atoms with Crippen LogP contribution in [0.1, 0.15) is 26.2 Å². The van der Waals surface area contributed by atoms with E-state index in [1.54, 1.807) is 6.92 Å². The molecule has 1 aliphatic rings. The molecule has 1 rings (SSSR count). The van der Waals surface area contributed by atoms with Crippen LogP contribution in [0.15, 0.2) is 0 Å². The van der Waals surface area contributed by atoms with Crippen molar-refractivity contribution < 1.29 is 13.2 Å². The van der Waals surface area contributed by atoms with Crippen molar-refractivity contribution in [1.82, 2.24) is 5.32 Å². The lowest BCUT2D eigenvalue weighted by atomic mass is 10.1. The van der Waals surface area contributed by atoms with E-state index in [-0.39, 0.29) is 29.4 Å². The third kappa shape index (κ3) is 4.09. The first-order valence-electron chi connectivity index (χ1n) is 5.65. The minimum absolute atomic E-state index is 0.0775. The molecular formula is C10H20N2O3S. The highest BCUT2D eigenvalue weighted by Crippen LogP contribution is 2.13. The molecule has 1 fully saturated rings. The molecule has 1 heterocycles. The van der Waals surface area contributed by atoms with E-state index in [1.165, 1.54) is 0 Å². The Bertz CT molecular complexity index is 340. The fraction of sp³-hybridized carbons (Fsp3) is 0.900. The normalized spacial score (nSPS) is 26.0. The van der Waals surface area contributed by atoms with E-state index >= 15 is 0 Å². The van der Waals surface area contributed by atoms with Gasteiger partial charge in [-0.1, -0.05) is 6.92 Å². The summed E-state index contributed by atoms with van der Waals surface area (Å²) in [4.78, 5) is 11.7. The molecule has 0 aromatic rings. The van der Waals surface area contributed by atoms with Gasteiger partial charge in [-0.05, 0) is 25.8 Å². The number of carbonyl (C=O) groups is 1. The summed E-state index contributed by atoms with van der Waals surface area (Å²) in [7, 11) is -2.95. The number of hydrogen-bond donors (Lipinski definition) is 2. The Kier molecular flexibility index (Phi) is 4.73. The second-order valence-corrected chi connectivity index (χ2v) is 6.67. The van der Waals surface area contributed by atoms with Crippen molar-refractivity contribution in [2.45, 2.75) is 32.2 Å². The van der Waals surface area contributed by atoms with E-state index in [0.29, 0.717) is 19.4 Å². The molecular weight excluding hydrogens is 228 g/mol. The van der Waals surface area contributed by atoms with Gasteiger partial charge in [0.1, 0.15) is 0 Å². The molecule has 0 saturated carbocycles. The number of nitrogens with two attached hydrogens (primary N) is 1. The molecule has 0 aliphatic carbocycles. The van der Waals surface area contributed by atoms with E-state index < -0.39 is 9.84 Å². The molecule has 3 N–H and O–H groups in total. The van der Waals surface area contributed by atoms with E-state index in [1.807, 2.05) is 0 Å². The van der Waals surface area contributed by atoms with Gasteiger partial charge in [-0.3, -0.25) is 4.79 Å². The third-order valence-electron chi connectivity index (χ3n) is 2.86. The average Bonchev–Trinajstić information content (AvgIpc) is 2.16. The summed E-state index contributed by atoms with van der Waals surface area (Å²) in [6, 6.07) is -0.216. The van der Waals surface area contributed by atoms with E-state index in [2.05, 4.69) is 5.32 Å². The van der Waals surface area contributed by atoms with Gasteiger partial charge in [0.2, 0.25) is 5.91 Å². The first-order chi connectivity index (χ1) is 7.44. The number of rotatable bonds is 4. The standard InChI is InChI=1S/C10H20N2O3S/c1-8(4-5-11)10(13)12-9-3-2-6-16(14,15)7-9/h8-9H,2-7,11H2,1H3,(H,12,13). The first-order valence-corrected chi connectivity index (χ1v) is 7.47. The van der Waals surface area contributed by atoms with Gasteiger partial charge in [0.05, 0.1) is 11.5 Å². The predicted molar refractivity (Wildman–Crippen MR) is 62.7 cm³/mol. The molecule has 6 heteroatoms. The largest absolute Gasteiger partial charge is 0.352 e. The topological polar surface area (TPSA) is 89.3 Å². The summed E-state index contributed by atoms with van der Waals surface area (Å²) in [5.41, 5.74) is 5.37. The molecule has 1 aliphatic heterocycles. The Morgan fingerprint density at radius 2 is 2.25 bits per heavy atom. The van der Waals surface area contributed by atoms with Crippen molar-refractivity contribution in [2.75, 3.05) is 18.1 Å². The smallest absolute Gasteiger partial charge is 0.223 e. The van der Waals surface area contributed by atoms with Crippen LogP contribution in [-0.4, -0.2) is 38.4 Å². The quantitative estimate of drug-likeness (QED) is 0.712. The van der Waals surface area contributed by atoms with E-state index in [9.17, 15) is 13.2 Å². The van der Waals surface area contributed by atoms with Crippen molar-refractivity contribution >= 4 is 15.7 Å². The van der Waals surface area contributed by atoms with Gasteiger partial charge in [-0.15, -0.1) is 0 Å². The number of hydrogen-bond acceptors (Lipinski definition) is 4. The van der Waals surface area contributed by atoms with E-state index in [0.717, 1.165) is 6.42 Å². The predicted octanol–water partition coefficient (Wildman–Crippen LogP) is -0.335. The van der Waals surface area contributed by atoms with E-state index in [4.69, 9.17) is 5.73 Å². The van der Waals surface area contributed by atoms with Crippen molar-refractivity contribution in [2.24, 2.45) is 11.7 Å². The molecule has 1 saturated heterocycles. The van der Waals surface area contributed by atoms with Crippen LogP contribution in [0.25, 0.3) is 0 Å². The number of amides is 1. The van der Waals surface area contributed by atoms with Gasteiger partial charge >= 0.3 is 0 Å². The number of sulfone groups is 1. The summed E-state index contributed by atoms with van der Waals surface area (Å²) < 4.78 is 22.7. The molecule has 0 bridgehead atoms. The lowest BCUT2D eigenvalue weighted by Crippen LogP contribution is -2.45. The molecule has 0 spiro atoms. The van der Waals surface area contributed by atoms with Crippen LogP contribution >= 0.6 is 0 Å². The molecule has 94 valence electrons. The fourth-order valence-corrected chi connectivity index (χ4v) is 3.50. The maximum Gasteiger partial charge on any atom is 0.223 e. The van der Waals surface area contributed by atoms with Crippen LogP contribution in [0, 0.1) is 5.92 Å². The lowest BCUT2D eigenvalue weighted by Gasteiger charge is -2.24. The van der Waals surface area contributed by atoms with Gasteiger partial charge in [0.25, 0.3) is 0 Å². The van der Waals surface area contributed by atoms with Crippen molar-refractivity contribution in [3.8, 4) is 0 Å². The summed E-state index contributed by atoms with van der Waals surface area (Å²) in [6.07, 6.45) is 2.02. The van der Waals surface area contributed by atoms with Gasteiger partial charge in [-0.25, -0.2) is 8.42 Å². The number of nitrogens with one attached hydrogen (secondary N) is 1. The third-order valence-corrected chi connectivity index (χ3v) is 4.68. The molecule has 1 amide bonds. The van der Waals surface area contributed by atoms with Crippen LogP contribution in [-0.2, 0) is 14.6 Å². The molecule has 16 heavy (non-hydrogen) atoms. The van der Waals surface area contributed by atoms with Gasteiger partial charge in [0.15, 0.2) is 9.84 Å². The highest BCUT2D eigenvalue weighted by molar-refractivity contribution is 7.91. The average molecular weight is 248 g/mol. The zero-order valence-electron chi connectivity index (χ0n) is 9.61. The Hall–Kier alpha value is -0.620. The van der Waals surface area contributed by atoms with Gasteiger partial charge in [0, 0.05) is 12.0 Å². The Morgan fingerprint density at radius 3 is 2.81 bits per heavy atom. The van der Waals surface area contributed by atoms with Crippen LogP contribution in [0.5, 0.6) is 0 Å². The Balaban J connectivity index is 2.45. The molecule has 0 aromatic carbocycles. The highest BCUT2D eigenvalue weighted by Gasteiger charge is 2.26. The molecule has 2 unspecified atom stereocenters. The Labute approximate surface area is 96.7 Å². The van der Waals surface area contributed by atoms with Crippen LogP contribution in [0.4, 0.5) is 0 Å². The monoisotopic (exact) mass is 248 g/mol. The molecule has 0 aromatic heterocycles. The molecule has 2 atom stereocenters. The van der Waals surface area contributed by atoms with Crippen LogP contribution in [0.2, 0.25) is 0 Å². The van der Waals surface area contributed by atoms with Crippen molar-refractivity contribution in [3.63, 3.8) is 0 Å². The van der Waals surface area contributed by atoms with Crippen molar-refractivity contribution in [3.05, 3.63) is 0 Å². The summed E-state index contributed by atoms with van der Waals surface area (Å²) in [5, 5.41) is 2.79. The van der Waals surface area contributed by atoms with Gasteiger partial charge in [-0.2, -0.15) is 0 Å². The maximum absolute atomic E-state index is 11.7. The van der Waals surface area contributed by atoms with Gasteiger partial charge < -0.3 is 11.1 Å². The minimum atomic E-state index is -2.95. The highest BCUT2D eigenvalue weighted by atomic mass is 32.2. The number of carbonyl (C=O) groups excluding carboxylic acids is 1. The zero-order chi connectivity index (χ0) is 12.2. The Morgan fingerprint density at radius 1 is 1.56 bits per heavy atom. The molecule has 0 radical (unpaired) electrons. The maximum atomic E-state index is 11.7.